The van der Waals surface area contributed by atoms with Crippen LogP contribution < -0.4 is 5.32 Å². The van der Waals surface area contributed by atoms with E-state index in [-0.39, 0.29) is 0 Å². The van der Waals surface area contributed by atoms with Gasteiger partial charge in [-0.2, -0.15) is 0 Å². The average molecular weight is 218 g/mol. The standard InChI is InChI=1S/C14H22N2/c1-15-13(8-7-12-5-6-12)9-10-14-4-2-3-11-16-14/h2-4,11-13,15H,5-10H2,1H3. The lowest BCUT2D eigenvalue weighted by atomic mass is 10.0. The summed E-state index contributed by atoms with van der Waals surface area (Å²) in [7, 11) is 2.08. The largest absolute Gasteiger partial charge is 0.317 e. The first-order valence-corrected chi connectivity index (χ1v) is 6.45. The molecule has 1 fully saturated rings. The van der Waals surface area contributed by atoms with Gasteiger partial charge in [0.25, 0.3) is 0 Å². The Bertz CT molecular complexity index is 293. The lowest BCUT2D eigenvalue weighted by Gasteiger charge is -2.15. The first kappa shape index (κ1) is 11.6. The third-order valence-electron chi connectivity index (χ3n) is 3.50. The smallest absolute Gasteiger partial charge is 0.0404 e. The monoisotopic (exact) mass is 218 g/mol. The third kappa shape index (κ3) is 3.93. The number of nitrogens with zero attached hydrogens (tertiary/aromatic N) is 1. The Kier molecular flexibility index (Phi) is 4.34. The zero-order valence-electron chi connectivity index (χ0n) is 10.2. The zero-order chi connectivity index (χ0) is 11.2. The van der Waals surface area contributed by atoms with Crippen LogP contribution in [0.2, 0.25) is 0 Å². The molecule has 0 saturated heterocycles. The Hall–Kier alpha value is -0.890. The summed E-state index contributed by atoms with van der Waals surface area (Å²) in [5.41, 5.74) is 1.22. The lowest BCUT2D eigenvalue weighted by molar-refractivity contribution is 0.459. The van der Waals surface area contributed by atoms with E-state index in [2.05, 4.69) is 29.5 Å². The molecule has 0 amide bonds. The van der Waals surface area contributed by atoms with E-state index in [9.17, 15) is 0 Å². The molecular weight excluding hydrogens is 196 g/mol. The molecule has 1 N–H and O–H groups in total. The van der Waals surface area contributed by atoms with E-state index in [1.165, 1.54) is 37.8 Å². The van der Waals surface area contributed by atoms with Crippen molar-refractivity contribution in [1.82, 2.24) is 10.3 Å². The van der Waals surface area contributed by atoms with Gasteiger partial charge >= 0.3 is 0 Å². The second-order valence-corrected chi connectivity index (χ2v) is 4.87. The maximum Gasteiger partial charge on any atom is 0.0404 e. The van der Waals surface area contributed by atoms with Gasteiger partial charge in [0.15, 0.2) is 0 Å². The molecule has 1 unspecified atom stereocenters. The van der Waals surface area contributed by atoms with Crippen LogP contribution in [0.5, 0.6) is 0 Å². The minimum atomic E-state index is 0.669. The maximum atomic E-state index is 4.36. The van der Waals surface area contributed by atoms with Gasteiger partial charge in [-0.1, -0.05) is 18.9 Å². The van der Waals surface area contributed by atoms with E-state index in [0.29, 0.717) is 6.04 Å². The Morgan fingerprint density at radius 2 is 2.25 bits per heavy atom. The van der Waals surface area contributed by atoms with Gasteiger partial charge in [0.05, 0.1) is 0 Å². The molecule has 1 aliphatic rings. The van der Waals surface area contributed by atoms with Gasteiger partial charge in [-0.25, -0.2) is 0 Å². The highest BCUT2D eigenvalue weighted by Gasteiger charge is 2.21. The van der Waals surface area contributed by atoms with Crippen molar-refractivity contribution in [3.63, 3.8) is 0 Å². The fraction of sp³-hybridized carbons (Fsp3) is 0.643. The predicted molar refractivity (Wildman–Crippen MR) is 67.4 cm³/mol. The number of rotatable bonds is 7. The Labute approximate surface area is 98.5 Å². The summed E-state index contributed by atoms with van der Waals surface area (Å²) in [5, 5.41) is 3.43. The zero-order valence-corrected chi connectivity index (χ0v) is 10.2. The van der Waals surface area contributed by atoms with E-state index < -0.39 is 0 Å². The molecule has 1 aromatic rings. The maximum absolute atomic E-state index is 4.36. The summed E-state index contributed by atoms with van der Waals surface area (Å²) in [4.78, 5) is 4.36. The van der Waals surface area contributed by atoms with Crippen LogP contribution in [0.1, 0.15) is 37.8 Å². The SMILES string of the molecule is CNC(CCc1ccccn1)CCC1CC1. The molecule has 1 heterocycles. The highest BCUT2D eigenvalue weighted by atomic mass is 14.9. The molecule has 1 aliphatic carbocycles. The Morgan fingerprint density at radius 3 is 2.88 bits per heavy atom. The van der Waals surface area contributed by atoms with Gasteiger partial charge in [-0.05, 0) is 50.8 Å². The van der Waals surface area contributed by atoms with Gasteiger partial charge in [-0.3, -0.25) is 4.98 Å². The average Bonchev–Trinajstić information content (AvgIpc) is 3.15. The minimum Gasteiger partial charge on any atom is -0.317 e. The fourth-order valence-corrected chi connectivity index (χ4v) is 2.14. The van der Waals surface area contributed by atoms with E-state index in [0.717, 1.165) is 12.3 Å². The molecule has 0 radical (unpaired) electrons. The minimum absolute atomic E-state index is 0.669. The molecule has 0 spiro atoms. The van der Waals surface area contributed by atoms with Crippen molar-refractivity contribution in [2.45, 2.75) is 44.6 Å². The van der Waals surface area contributed by atoms with Crippen LogP contribution in [0.3, 0.4) is 0 Å². The van der Waals surface area contributed by atoms with Crippen molar-refractivity contribution in [3.8, 4) is 0 Å². The topological polar surface area (TPSA) is 24.9 Å². The molecule has 88 valence electrons. The van der Waals surface area contributed by atoms with Crippen LogP contribution in [0, 0.1) is 5.92 Å². The number of nitrogens with one attached hydrogen (secondary N) is 1. The van der Waals surface area contributed by atoms with Crippen molar-refractivity contribution in [3.05, 3.63) is 30.1 Å². The van der Waals surface area contributed by atoms with Crippen LogP contribution in [0.4, 0.5) is 0 Å². The van der Waals surface area contributed by atoms with Crippen LogP contribution in [0.25, 0.3) is 0 Å². The molecule has 2 heteroatoms. The first-order valence-electron chi connectivity index (χ1n) is 6.45. The van der Waals surface area contributed by atoms with Gasteiger partial charge in [0.1, 0.15) is 0 Å². The number of hydrogen-bond donors (Lipinski definition) is 1. The molecule has 1 atom stereocenters. The first-order chi connectivity index (χ1) is 7.88. The van der Waals surface area contributed by atoms with Crippen molar-refractivity contribution < 1.29 is 0 Å². The Balaban J connectivity index is 1.69. The quantitative estimate of drug-likeness (QED) is 0.761. The van der Waals surface area contributed by atoms with Crippen molar-refractivity contribution in [2.24, 2.45) is 5.92 Å². The lowest BCUT2D eigenvalue weighted by Crippen LogP contribution is -2.25. The number of aryl methyl sites for hydroxylation is 1. The van der Waals surface area contributed by atoms with Crippen molar-refractivity contribution >= 4 is 0 Å². The second-order valence-electron chi connectivity index (χ2n) is 4.87. The van der Waals surface area contributed by atoms with E-state index in [4.69, 9.17) is 0 Å². The number of hydrogen-bond acceptors (Lipinski definition) is 2. The van der Waals surface area contributed by atoms with Gasteiger partial charge in [0, 0.05) is 17.9 Å². The van der Waals surface area contributed by atoms with Crippen LogP contribution >= 0.6 is 0 Å². The summed E-state index contributed by atoms with van der Waals surface area (Å²) in [6.45, 7) is 0. The highest BCUT2D eigenvalue weighted by Crippen LogP contribution is 2.34. The second kappa shape index (κ2) is 6.00. The summed E-state index contributed by atoms with van der Waals surface area (Å²) >= 11 is 0. The molecular formula is C14H22N2. The van der Waals surface area contributed by atoms with Gasteiger partial charge in [-0.15, -0.1) is 0 Å². The molecule has 2 rings (SSSR count). The highest BCUT2D eigenvalue weighted by molar-refractivity contribution is 5.03. The molecule has 2 nitrogen and oxygen atoms in total. The number of aromatic nitrogens is 1. The summed E-state index contributed by atoms with van der Waals surface area (Å²) in [6, 6.07) is 6.84. The summed E-state index contributed by atoms with van der Waals surface area (Å²) in [5.74, 6) is 1.05. The van der Waals surface area contributed by atoms with E-state index >= 15 is 0 Å². The van der Waals surface area contributed by atoms with Crippen molar-refractivity contribution in [2.75, 3.05) is 7.05 Å². The van der Waals surface area contributed by atoms with Crippen molar-refractivity contribution in [1.29, 1.82) is 0 Å². The van der Waals surface area contributed by atoms with Crippen LogP contribution in [-0.2, 0) is 6.42 Å². The Morgan fingerprint density at radius 1 is 1.38 bits per heavy atom. The molecule has 0 aliphatic heterocycles. The van der Waals surface area contributed by atoms with Crippen LogP contribution in [0.15, 0.2) is 24.4 Å². The molecule has 0 bridgehead atoms. The molecule has 0 aromatic carbocycles. The van der Waals surface area contributed by atoms with Crippen LogP contribution in [-0.4, -0.2) is 18.1 Å². The van der Waals surface area contributed by atoms with E-state index in [1.54, 1.807) is 0 Å². The molecule has 16 heavy (non-hydrogen) atoms. The predicted octanol–water partition coefficient (Wildman–Crippen LogP) is 2.79. The summed E-state index contributed by atoms with van der Waals surface area (Å²) < 4.78 is 0. The van der Waals surface area contributed by atoms with Gasteiger partial charge < -0.3 is 5.32 Å². The molecule has 1 saturated carbocycles. The third-order valence-corrected chi connectivity index (χ3v) is 3.50. The van der Waals surface area contributed by atoms with E-state index in [1.807, 2.05) is 12.3 Å². The van der Waals surface area contributed by atoms with Gasteiger partial charge in [0.2, 0.25) is 0 Å². The molecule has 1 aromatic heterocycles. The fourth-order valence-electron chi connectivity index (χ4n) is 2.14. The normalized spacial score (nSPS) is 17.3. The number of pyridine rings is 1. The summed E-state index contributed by atoms with van der Waals surface area (Å²) in [6.07, 6.45) is 9.86.